The first-order valence-corrected chi connectivity index (χ1v) is 8.16. The summed E-state index contributed by atoms with van der Waals surface area (Å²) in [5.74, 6) is -1.09. The fourth-order valence-corrected chi connectivity index (χ4v) is 2.67. The van der Waals surface area contributed by atoms with Crippen LogP contribution in [0.3, 0.4) is 0 Å². The van der Waals surface area contributed by atoms with Crippen LogP contribution in [0.5, 0.6) is 5.75 Å². The minimum absolute atomic E-state index is 0.202. The molecular weight excluding hydrogens is 356 g/mol. The van der Waals surface area contributed by atoms with Gasteiger partial charge >= 0.3 is 6.03 Å². The number of benzene rings is 2. The molecule has 0 aliphatic carbocycles. The largest absolute Gasteiger partial charge is 0.488 e. The molecule has 2 N–H and O–H groups in total. The summed E-state index contributed by atoms with van der Waals surface area (Å²) < 4.78 is 5.83. The van der Waals surface area contributed by atoms with Crippen molar-refractivity contribution in [1.82, 2.24) is 10.6 Å². The van der Waals surface area contributed by atoms with Crippen LogP contribution >= 0.6 is 11.6 Å². The molecule has 2 aromatic carbocycles. The quantitative estimate of drug-likeness (QED) is 0.640. The summed E-state index contributed by atoms with van der Waals surface area (Å²) in [5, 5.41) is 4.48. The van der Waals surface area contributed by atoms with E-state index in [1.54, 1.807) is 18.2 Å². The third-order valence-corrected chi connectivity index (χ3v) is 3.93. The lowest BCUT2D eigenvalue weighted by Crippen LogP contribution is -2.51. The van der Waals surface area contributed by atoms with Crippen LogP contribution < -0.4 is 15.4 Å². The summed E-state index contributed by atoms with van der Waals surface area (Å²) in [6, 6.07) is 11.9. The number of barbiturate groups is 1. The number of nitrogens with one attached hydrogen (secondary N) is 2. The van der Waals surface area contributed by atoms with Gasteiger partial charge < -0.3 is 4.74 Å². The van der Waals surface area contributed by atoms with Crippen LogP contribution in [0, 0.1) is 6.92 Å². The van der Waals surface area contributed by atoms with Crippen LogP contribution in [-0.4, -0.2) is 17.8 Å². The van der Waals surface area contributed by atoms with Gasteiger partial charge in [0.1, 0.15) is 17.9 Å². The van der Waals surface area contributed by atoms with Crippen molar-refractivity contribution < 1.29 is 19.1 Å². The number of imide groups is 2. The number of halogens is 1. The van der Waals surface area contributed by atoms with Crippen molar-refractivity contribution in [2.75, 3.05) is 0 Å². The van der Waals surface area contributed by atoms with E-state index in [2.05, 4.69) is 0 Å². The van der Waals surface area contributed by atoms with E-state index in [1.807, 2.05) is 41.8 Å². The molecule has 26 heavy (non-hydrogen) atoms. The highest BCUT2D eigenvalue weighted by atomic mass is 35.5. The summed E-state index contributed by atoms with van der Waals surface area (Å²) in [6.07, 6.45) is 1.34. The number of amides is 4. The van der Waals surface area contributed by atoms with Gasteiger partial charge in [-0.2, -0.15) is 0 Å². The minimum Gasteiger partial charge on any atom is -0.488 e. The molecule has 6 nitrogen and oxygen atoms in total. The Morgan fingerprint density at radius 3 is 2.46 bits per heavy atom. The van der Waals surface area contributed by atoms with E-state index >= 15 is 0 Å². The van der Waals surface area contributed by atoms with Crippen molar-refractivity contribution in [1.29, 1.82) is 0 Å². The van der Waals surface area contributed by atoms with E-state index < -0.39 is 17.8 Å². The molecule has 1 fully saturated rings. The Bertz CT molecular complexity index is 915. The zero-order valence-electron chi connectivity index (χ0n) is 13.8. The van der Waals surface area contributed by atoms with Gasteiger partial charge in [-0.25, -0.2) is 4.79 Å². The molecule has 4 amide bonds. The molecule has 0 bridgehead atoms. The average Bonchev–Trinajstić information content (AvgIpc) is 2.57. The number of hydrogen-bond donors (Lipinski definition) is 2. The van der Waals surface area contributed by atoms with Crippen LogP contribution in [0.1, 0.15) is 16.7 Å². The number of carbonyl (C=O) groups is 3. The third kappa shape index (κ3) is 4.10. The van der Waals surface area contributed by atoms with E-state index in [1.165, 1.54) is 6.08 Å². The predicted molar refractivity (Wildman–Crippen MR) is 96.6 cm³/mol. The maximum absolute atomic E-state index is 11.9. The maximum atomic E-state index is 11.9. The Morgan fingerprint density at radius 2 is 1.77 bits per heavy atom. The zero-order chi connectivity index (χ0) is 18.7. The van der Waals surface area contributed by atoms with Crippen LogP contribution in [0.25, 0.3) is 6.08 Å². The van der Waals surface area contributed by atoms with Crippen molar-refractivity contribution in [2.24, 2.45) is 0 Å². The number of rotatable bonds is 4. The molecule has 1 heterocycles. The fraction of sp³-hybridized carbons (Fsp3) is 0.105. The molecule has 1 aliphatic rings. The van der Waals surface area contributed by atoms with E-state index in [4.69, 9.17) is 16.3 Å². The molecule has 0 atom stereocenters. The topological polar surface area (TPSA) is 84.5 Å². The zero-order valence-corrected chi connectivity index (χ0v) is 14.6. The Hall–Kier alpha value is -3.12. The van der Waals surface area contributed by atoms with Gasteiger partial charge in [-0.3, -0.25) is 20.2 Å². The van der Waals surface area contributed by atoms with Crippen molar-refractivity contribution >= 4 is 35.5 Å². The summed E-state index contributed by atoms with van der Waals surface area (Å²) >= 11 is 6.03. The fourth-order valence-electron chi connectivity index (χ4n) is 2.49. The molecule has 1 saturated heterocycles. The highest BCUT2D eigenvalue weighted by Crippen LogP contribution is 2.26. The van der Waals surface area contributed by atoms with Gasteiger partial charge in [-0.15, -0.1) is 0 Å². The second-order valence-corrected chi connectivity index (χ2v) is 6.19. The van der Waals surface area contributed by atoms with Crippen molar-refractivity contribution in [3.63, 3.8) is 0 Å². The normalized spacial score (nSPS) is 13.9. The summed E-state index contributed by atoms with van der Waals surface area (Å²) in [6.45, 7) is 2.31. The molecule has 0 saturated carbocycles. The van der Waals surface area contributed by atoms with Crippen LogP contribution in [0.15, 0.2) is 48.0 Å². The lowest BCUT2D eigenvalue weighted by Gasteiger charge is -2.15. The minimum atomic E-state index is -0.848. The van der Waals surface area contributed by atoms with Gasteiger partial charge in [-0.1, -0.05) is 41.4 Å². The van der Waals surface area contributed by atoms with E-state index in [0.717, 1.165) is 11.1 Å². The lowest BCUT2D eigenvalue weighted by atomic mass is 10.1. The molecular formula is C19H15ClN2O4. The SMILES string of the molecule is Cc1cccc(COc2ccc(Cl)cc2C=C2C(=O)NC(=O)NC2=O)c1. The molecule has 3 rings (SSSR count). The summed E-state index contributed by atoms with van der Waals surface area (Å²) in [4.78, 5) is 34.9. The molecule has 2 aromatic rings. The first kappa shape index (κ1) is 17.7. The Morgan fingerprint density at radius 1 is 1.04 bits per heavy atom. The van der Waals surface area contributed by atoms with Crippen LogP contribution in [-0.2, 0) is 16.2 Å². The number of ether oxygens (including phenoxy) is 1. The van der Waals surface area contributed by atoms with Gasteiger partial charge in [0.2, 0.25) is 0 Å². The van der Waals surface area contributed by atoms with Crippen LogP contribution in [0.2, 0.25) is 5.02 Å². The van der Waals surface area contributed by atoms with Gasteiger partial charge in [0.05, 0.1) is 0 Å². The summed E-state index contributed by atoms with van der Waals surface area (Å²) in [7, 11) is 0. The lowest BCUT2D eigenvalue weighted by molar-refractivity contribution is -0.123. The molecule has 0 radical (unpaired) electrons. The van der Waals surface area contributed by atoms with E-state index in [-0.39, 0.29) is 5.57 Å². The first-order chi connectivity index (χ1) is 12.4. The highest BCUT2D eigenvalue weighted by Gasteiger charge is 2.28. The first-order valence-electron chi connectivity index (χ1n) is 7.78. The summed E-state index contributed by atoms with van der Waals surface area (Å²) in [5.41, 5.74) is 2.36. The van der Waals surface area contributed by atoms with Gasteiger partial charge in [-0.05, 0) is 36.8 Å². The standard InChI is InChI=1S/C19H15ClN2O4/c1-11-3-2-4-12(7-11)10-26-16-6-5-14(20)8-13(16)9-15-17(23)21-19(25)22-18(15)24/h2-9H,10H2,1H3,(H2,21,22,23,24,25). The molecule has 0 aromatic heterocycles. The Kier molecular flexibility index (Phi) is 5.04. The van der Waals surface area contributed by atoms with Gasteiger partial charge in [0.15, 0.2) is 0 Å². The number of aryl methyl sites for hydroxylation is 1. The van der Waals surface area contributed by atoms with Gasteiger partial charge in [0, 0.05) is 10.6 Å². The molecule has 0 spiro atoms. The Balaban J connectivity index is 1.88. The highest BCUT2D eigenvalue weighted by molar-refractivity contribution is 6.32. The average molecular weight is 371 g/mol. The number of carbonyl (C=O) groups excluding carboxylic acids is 3. The number of hydrogen-bond acceptors (Lipinski definition) is 4. The van der Waals surface area contributed by atoms with Crippen LogP contribution in [0.4, 0.5) is 4.79 Å². The molecule has 1 aliphatic heterocycles. The van der Waals surface area contributed by atoms with Crippen molar-refractivity contribution in [2.45, 2.75) is 13.5 Å². The molecule has 7 heteroatoms. The van der Waals surface area contributed by atoms with Crippen molar-refractivity contribution in [3.8, 4) is 5.75 Å². The van der Waals surface area contributed by atoms with Crippen molar-refractivity contribution in [3.05, 3.63) is 69.8 Å². The Labute approximate surface area is 154 Å². The second-order valence-electron chi connectivity index (χ2n) is 5.76. The van der Waals surface area contributed by atoms with Gasteiger partial charge in [0.25, 0.3) is 11.8 Å². The maximum Gasteiger partial charge on any atom is 0.328 e. The third-order valence-electron chi connectivity index (χ3n) is 3.69. The second kappa shape index (κ2) is 7.41. The van der Waals surface area contributed by atoms with E-state index in [9.17, 15) is 14.4 Å². The molecule has 132 valence electrons. The number of urea groups is 1. The molecule has 0 unspecified atom stereocenters. The van der Waals surface area contributed by atoms with E-state index in [0.29, 0.717) is 22.9 Å². The monoisotopic (exact) mass is 370 g/mol. The predicted octanol–water partition coefficient (Wildman–Crippen LogP) is 2.98. The smallest absolute Gasteiger partial charge is 0.328 e.